The summed E-state index contributed by atoms with van der Waals surface area (Å²) in [6.07, 6.45) is -0.481. The van der Waals surface area contributed by atoms with Crippen LogP contribution in [0.25, 0.3) is 0 Å². The van der Waals surface area contributed by atoms with Crippen LogP contribution in [-0.2, 0) is 19.0 Å². The summed E-state index contributed by atoms with van der Waals surface area (Å²) >= 11 is 0. The summed E-state index contributed by atoms with van der Waals surface area (Å²) in [6, 6.07) is 0. The van der Waals surface area contributed by atoms with Gasteiger partial charge in [0, 0.05) is 7.11 Å². The van der Waals surface area contributed by atoms with Gasteiger partial charge in [-0.3, -0.25) is 4.79 Å². The molecule has 14 heavy (non-hydrogen) atoms. The third-order valence-electron chi connectivity index (χ3n) is 2.38. The first-order valence-corrected chi connectivity index (χ1v) is 4.91. The van der Waals surface area contributed by atoms with Crippen molar-refractivity contribution in [3.63, 3.8) is 0 Å². The zero-order valence-corrected chi connectivity index (χ0v) is 9.15. The van der Waals surface area contributed by atoms with Gasteiger partial charge in [-0.25, -0.2) is 0 Å². The van der Waals surface area contributed by atoms with Gasteiger partial charge in [0.2, 0.25) is 0 Å². The highest BCUT2D eigenvalue weighted by Gasteiger charge is 2.38. The van der Waals surface area contributed by atoms with Crippen LogP contribution in [0.4, 0.5) is 0 Å². The summed E-state index contributed by atoms with van der Waals surface area (Å²) in [5, 5.41) is 0. The summed E-state index contributed by atoms with van der Waals surface area (Å²) < 4.78 is 15.8. The number of methoxy groups -OCH3 is 1. The Morgan fingerprint density at radius 3 is 2.64 bits per heavy atom. The molecule has 0 aromatic heterocycles. The molecule has 0 aromatic carbocycles. The Labute approximate surface area is 84.5 Å². The van der Waals surface area contributed by atoms with Gasteiger partial charge < -0.3 is 14.2 Å². The molecule has 1 aliphatic rings. The molecule has 0 aromatic rings. The van der Waals surface area contributed by atoms with Crippen LogP contribution in [0.5, 0.6) is 0 Å². The third kappa shape index (κ3) is 2.45. The lowest BCUT2D eigenvalue weighted by Crippen LogP contribution is -2.36. The first kappa shape index (κ1) is 11.5. The molecule has 1 rings (SSSR count). The molecule has 1 fully saturated rings. The first-order valence-electron chi connectivity index (χ1n) is 4.91. The molecule has 0 saturated carbocycles. The van der Waals surface area contributed by atoms with Crippen LogP contribution in [0, 0.1) is 5.92 Å². The van der Waals surface area contributed by atoms with E-state index in [-0.39, 0.29) is 30.2 Å². The Balaban J connectivity index is 2.52. The predicted octanol–water partition coefficient (Wildman–Crippen LogP) is 0.988. The summed E-state index contributed by atoms with van der Waals surface area (Å²) in [5.41, 5.74) is 0. The van der Waals surface area contributed by atoms with E-state index in [0.717, 1.165) is 0 Å². The fraction of sp³-hybridized carbons (Fsp3) is 0.900. The Hall–Kier alpha value is -0.610. The van der Waals surface area contributed by atoms with Gasteiger partial charge >= 0.3 is 5.97 Å². The van der Waals surface area contributed by atoms with Crippen molar-refractivity contribution in [2.75, 3.05) is 13.7 Å². The lowest BCUT2D eigenvalue weighted by atomic mass is 10.1. The lowest BCUT2D eigenvalue weighted by molar-refractivity contribution is -0.159. The van der Waals surface area contributed by atoms with Crippen molar-refractivity contribution < 1.29 is 19.0 Å². The monoisotopic (exact) mass is 202 g/mol. The molecule has 0 aliphatic carbocycles. The minimum absolute atomic E-state index is 0.0809. The highest BCUT2D eigenvalue weighted by molar-refractivity contribution is 5.71. The number of ether oxygens (including phenoxy) is 3. The number of rotatable bonds is 3. The molecule has 1 heterocycles. The summed E-state index contributed by atoms with van der Waals surface area (Å²) in [5.74, 6) is -0.310. The van der Waals surface area contributed by atoms with Crippen molar-refractivity contribution in [3.05, 3.63) is 0 Å². The molecule has 0 N–H and O–H groups in total. The zero-order chi connectivity index (χ0) is 10.7. The maximum Gasteiger partial charge on any atom is 0.308 e. The zero-order valence-electron chi connectivity index (χ0n) is 9.15. The number of esters is 1. The fourth-order valence-electron chi connectivity index (χ4n) is 1.38. The topological polar surface area (TPSA) is 44.8 Å². The second-order valence-electron chi connectivity index (χ2n) is 3.87. The molecular weight excluding hydrogens is 184 g/mol. The predicted molar refractivity (Wildman–Crippen MR) is 50.9 cm³/mol. The van der Waals surface area contributed by atoms with Gasteiger partial charge in [-0.2, -0.15) is 0 Å². The Morgan fingerprint density at radius 2 is 2.14 bits per heavy atom. The Morgan fingerprint density at radius 1 is 1.50 bits per heavy atom. The van der Waals surface area contributed by atoms with Crippen molar-refractivity contribution in [2.45, 2.75) is 39.1 Å². The summed E-state index contributed by atoms with van der Waals surface area (Å²) in [4.78, 5) is 11.4. The quantitative estimate of drug-likeness (QED) is 0.640. The van der Waals surface area contributed by atoms with Crippen molar-refractivity contribution in [3.8, 4) is 0 Å². The van der Waals surface area contributed by atoms with Gasteiger partial charge in [-0.1, -0.05) is 13.8 Å². The summed E-state index contributed by atoms with van der Waals surface area (Å²) in [6.45, 7) is 6.00. The smallest absolute Gasteiger partial charge is 0.308 e. The van der Waals surface area contributed by atoms with Gasteiger partial charge in [0.15, 0.2) is 6.10 Å². The van der Waals surface area contributed by atoms with E-state index >= 15 is 0 Å². The van der Waals surface area contributed by atoms with E-state index in [1.807, 2.05) is 20.8 Å². The van der Waals surface area contributed by atoms with Gasteiger partial charge in [-0.05, 0) is 6.92 Å². The van der Waals surface area contributed by atoms with Crippen molar-refractivity contribution >= 4 is 5.97 Å². The van der Waals surface area contributed by atoms with Crippen molar-refractivity contribution in [1.82, 2.24) is 0 Å². The molecule has 3 atom stereocenters. The van der Waals surface area contributed by atoms with Crippen LogP contribution >= 0.6 is 0 Å². The second-order valence-corrected chi connectivity index (χ2v) is 3.87. The van der Waals surface area contributed by atoms with E-state index in [1.54, 1.807) is 7.11 Å². The maximum atomic E-state index is 11.4. The average molecular weight is 202 g/mol. The Bertz CT molecular complexity index is 202. The number of carbonyl (C=O) groups is 1. The number of carbonyl (C=O) groups excluding carboxylic acids is 1. The molecule has 0 spiro atoms. The van der Waals surface area contributed by atoms with E-state index in [4.69, 9.17) is 14.2 Å². The van der Waals surface area contributed by atoms with Gasteiger partial charge in [0.1, 0.15) is 6.10 Å². The summed E-state index contributed by atoms with van der Waals surface area (Å²) in [7, 11) is 1.60. The van der Waals surface area contributed by atoms with E-state index in [9.17, 15) is 4.79 Å². The fourth-order valence-corrected chi connectivity index (χ4v) is 1.38. The first-order chi connectivity index (χ1) is 6.56. The lowest BCUT2D eigenvalue weighted by Gasteiger charge is -2.21. The van der Waals surface area contributed by atoms with Crippen LogP contribution in [-0.4, -0.2) is 38.0 Å². The molecule has 4 nitrogen and oxygen atoms in total. The normalized spacial score (nSPS) is 32.2. The highest BCUT2D eigenvalue weighted by Crippen LogP contribution is 2.20. The molecule has 82 valence electrons. The molecule has 0 radical (unpaired) electrons. The largest absolute Gasteiger partial charge is 0.457 e. The van der Waals surface area contributed by atoms with Crippen LogP contribution < -0.4 is 0 Å². The molecule has 2 unspecified atom stereocenters. The number of hydrogen-bond donors (Lipinski definition) is 0. The standard InChI is InChI=1S/C10H18O4/c1-6(2)10(11)14-9-7(3)13-5-8(9)12-4/h6-9H,5H2,1-4H3/t7-,8?,9?/m1/s1. The third-order valence-corrected chi connectivity index (χ3v) is 2.38. The molecule has 4 heteroatoms. The van der Waals surface area contributed by atoms with E-state index < -0.39 is 0 Å². The van der Waals surface area contributed by atoms with E-state index in [1.165, 1.54) is 0 Å². The molecule has 1 aliphatic heterocycles. The van der Waals surface area contributed by atoms with Crippen LogP contribution in [0.1, 0.15) is 20.8 Å². The molecule has 0 amide bonds. The minimum Gasteiger partial charge on any atom is -0.457 e. The van der Waals surface area contributed by atoms with Crippen LogP contribution in [0.3, 0.4) is 0 Å². The SMILES string of the molecule is COC1CO[C@H](C)C1OC(=O)C(C)C. The highest BCUT2D eigenvalue weighted by atomic mass is 16.6. The molecule has 0 bridgehead atoms. The Kier molecular flexibility index (Phi) is 3.89. The average Bonchev–Trinajstić information content (AvgIpc) is 2.47. The number of hydrogen-bond acceptors (Lipinski definition) is 4. The van der Waals surface area contributed by atoms with Gasteiger partial charge in [0.25, 0.3) is 0 Å². The van der Waals surface area contributed by atoms with Gasteiger partial charge in [0.05, 0.1) is 18.6 Å². The van der Waals surface area contributed by atoms with Crippen LogP contribution in [0.2, 0.25) is 0 Å². The maximum absolute atomic E-state index is 11.4. The molecule has 1 saturated heterocycles. The minimum atomic E-state index is -0.269. The van der Waals surface area contributed by atoms with E-state index in [0.29, 0.717) is 6.61 Å². The van der Waals surface area contributed by atoms with Crippen LogP contribution in [0.15, 0.2) is 0 Å². The molecular formula is C10H18O4. The van der Waals surface area contributed by atoms with Crippen molar-refractivity contribution in [1.29, 1.82) is 0 Å². The van der Waals surface area contributed by atoms with E-state index in [2.05, 4.69) is 0 Å². The van der Waals surface area contributed by atoms with Gasteiger partial charge in [-0.15, -0.1) is 0 Å². The second kappa shape index (κ2) is 4.75. The van der Waals surface area contributed by atoms with Crippen molar-refractivity contribution in [2.24, 2.45) is 5.92 Å².